The van der Waals surface area contributed by atoms with E-state index in [0.717, 1.165) is 4.31 Å². The number of benzene rings is 2. The molecular formula is C23H22FN5O3S. The van der Waals surface area contributed by atoms with Crippen LogP contribution in [0.25, 0.3) is 11.5 Å². The maximum atomic E-state index is 13.4. The molecule has 33 heavy (non-hydrogen) atoms. The molecule has 170 valence electrons. The minimum Gasteiger partial charge on any atom is -0.348 e. The van der Waals surface area contributed by atoms with E-state index in [1.807, 2.05) is 12.1 Å². The van der Waals surface area contributed by atoms with Crippen molar-refractivity contribution in [1.82, 2.24) is 24.0 Å². The molecule has 0 aliphatic carbocycles. The van der Waals surface area contributed by atoms with E-state index in [2.05, 4.69) is 10.4 Å². The molecule has 0 atom stereocenters. The summed E-state index contributed by atoms with van der Waals surface area (Å²) in [7, 11) is -0.756. The number of hydrogen-bond donors (Lipinski definition) is 1. The van der Waals surface area contributed by atoms with Crippen LogP contribution in [0.5, 0.6) is 0 Å². The van der Waals surface area contributed by atoms with Crippen molar-refractivity contribution in [3.8, 4) is 11.5 Å². The van der Waals surface area contributed by atoms with Gasteiger partial charge in [-0.3, -0.25) is 4.79 Å². The third kappa shape index (κ3) is 4.43. The van der Waals surface area contributed by atoms with Crippen LogP contribution in [0.2, 0.25) is 0 Å². The Bertz CT molecular complexity index is 1380. The molecule has 2 aromatic heterocycles. The lowest BCUT2D eigenvalue weighted by Crippen LogP contribution is -2.27. The molecule has 0 aliphatic rings. The zero-order chi connectivity index (χ0) is 23.6. The predicted molar refractivity (Wildman–Crippen MR) is 121 cm³/mol. The number of nitrogens with one attached hydrogen (secondary N) is 1. The first-order valence-electron chi connectivity index (χ1n) is 10.0. The molecule has 0 spiro atoms. The molecule has 0 unspecified atom stereocenters. The number of nitrogens with zero attached hydrogens (tertiary/aromatic N) is 4. The van der Waals surface area contributed by atoms with Crippen LogP contribution >= 0.6 is 0 Å². The highest BCUT2D eigenvalue weighted by Crippen LogP contribution is 2.22. The lowest BCUT2D eigenvalue weighted by molar-refractivity contribution is 0.0950. The fourth-order valence-corrected chi connectivity index (χ4v) is 4.48. The van der Waals surface area contributed by atoms with Crippen molar-refractivity contribution in [2.24, 2.45) is 0 Å². The second-order valence-corrected chi connectivity index (χ2v) is 9.56. The Kier molecular flexibility index (Phi) is 6.12. The summed E-state index contributed by atoms with van der Waals surface area (Å²) < 4.78 is 43.1. The smallest absolute Gasteiger partial charge is 0.256 e. The molecule has 8 nitrogen and oxygen atoms in total. The summed E-state index contributed by atoms with van der Waals surface area (Å²) in [5.41, 5.74) is 1.33. The zero-order valence-electron chi connectivity index (χ0n) is 18.0. The number of hydrogen-bond acceptors (Lipinski definition) is 4. The van der Waals surface area contributed by atoms with Crippen molar-refractivity contribution >= 4 is 15.9 Å². The lowest BCUT2D eigenvalue weighted by Gasteiger charge is -2.15. The van der Waals surface area contributed by atoms with Gasteiger partial charge in [0.1, 0.15) is 11.4 Å². The molecule has 4 rings (SSSR count). The predicted octanol–water partition coefficient (Wildman–Crippen LogP) is 2.98. The minimum absolute atomic E-state index is 0.00885. The molecule has 10 heteroatoms. The van der Waals surface area contributed by atoms with Crippen molar-refractivity contribution in [3.05, 3.63) is 96.2 Å². The number of carbonyl (C=O) groups is 1. The number of aromatic nitrogens is 3. The Morgan fingerprint density at radius 3 is 2.36 bits per heavy atom. The van der Waals surface area contributed by atoms with Gasteiger partial charge in [-0.05, 0) is 48.0 Å². The maximum absolute atomic E-state index is 13.4. The highest BCUT2D eigenvalue weighted by atomic mass is 32.2. The topological polar surface area (TPSA) is 89.2 Å². The number of sulfonamides is 1. The normalized spacial score (nSPS) is 11.6. The quantitative estimate of drug-likeness (QED) is 0.453. The van der Waals surface area contributed by atoms with Gasteiger partial charge in [-0.25, -0.2) is 21.8 Å². The van der Waals surface area contributed by atoms with Crippen LogP contribution in [0.4, 0.5) is 4.39 Å². The largest absolute Gasteiger partial charge is 0.348 e. The highest BCUT2D eigenvalue weighted by molar-refractivity contribution is 7.89. The number of halogens is 1. The Labute approximate surface area is 190 Å². The second kappa shape index (κ2) is 9.00. The Balaban J connectivity index is 1.66. The van der Waals surface area contributed by atoms with Crippen LogP contribution in [0, 0.1) is 5.82 Å². The summed E-state index contributed by atoms with van der Waals surface area (Å²) in [6.07, 6.45) is 4.97. The average molecular weight is 468 g/mol. The summed E-state index contributed by atoms with van der Waals surface area (Å²) >= 11 is 0. The summed E-state index contributed by atoms with van der Waals surface area (Å²) in [6, 6.07) is 15.9. The van der Waals surface area contributed by atoms with Gasteiger partial charge in [0.25, 0.3) is 5.91 Å². The van der Waals surface area contributed by atoms with Gasteiger partial charge in [0.2, 0.25) is 10.0 Å². The maximum Gasteiger partial charge on any atom is 0.256 e. The first-order chi connectivity index (χ1) is 15.8. The number of amides is 1. The van der Waals surface area contributed by atoms with Crippen molar-refractivity contribution < 1.29 is 17.6 Å². The fourth-order valence-electron chi connectivity index (χ4n) is 3.37. The van der Waals surface area contributed by atoms with Gasteiger partial charge in [0.15, 0.2) is 5.82 Å². The Morgan fingerprint density at radius 2 is 1.70 bits per heavy atom. The molecule has 2 heterocycles. The van der Waals surface area contributed by atoms with Crippen LogP contribution < -0.4 is 5.32 Å². The van der Waals surface area contributed by atoms with Gasteiger partial charge < -0.3 is 9.88 Å². The molecular weight excluding hydrogens is 445 g/mol. The molecule has 0 fully saturated rings. The van der Waals surface area contributed by atoms with E-state index in [4.69, 9.17) is 0 Å². The van der Waals surface area contributed by atoms with Gasteiger partial charge in [-0.15, -0.1) is 0 Å². The third-order valence-corrected chi connectivity index (χ3v) is 6.99. The van der Waals surface area contributed by atoms with Gasteiger partial charge >= 0.3 is 0 Å². The summed E-state index contributed by atoms with van der Waals surface area (Å²) in [4.78, 5) is 13.3. The van der Waals surface area contributed by atoms with Crippen LogP contribution in [0.1, 0.15) is 15.9 Å². The van der Waals surface area contributed by atoms with Crippen LogP contribution in [-0.4, -0.2) is 47.1 Å². The third-order valence-electron chi connectivity index (χ3n) is 5.08. The van der Waals surface area contributed by atoms with E-state index in [1.165, 1.54) is 38.5 Å². The van der Waals surface area contributed by atoms with Crippen molar-refractivity contribution in [3.63, 3.8) is 0 Å². The van der Waals surface area contributed by atoms with Gasteiger partial charge in [-0.1, -0.05) is 18.2 Å². The first kappa shape index (κ1) is 22.4. The molecule has 1 amide bonds. The Morgan fingerprint density at radius 1 is 1.03 bits per heavy atom. The van der Waals surface area contributed by atoms with E-state index in [0.29, 0.717) is 17.1 Å². The van der Waals surface area contributed by atoms with Crippen LogP contribution in [0.15, 0.2) is 84.1 Å². The lowest BCUT2D eigenvalue weighted by atomic mass is 10.2. The molecule has 0 radical (unpaired) electrons. The highest BCUT2D eigenvalue weighted by Gasteiger charge is 2.23. The molecule has 0 saturated heterocycles. The van der Waals surface area contributed by atoms with Crippen molar-refractivity contribution in [2.45, 2.75) is 11.4 Å². The monoisotopic (exact) mass is 467 g/mol. The molecule has 4 aromatic rings. The fraction of sp³-hybridized carbons (Fsp3) is 0.130. The molecule has 1 N–H and O–H groups in total. The number of carbonyl (C=O) groups excluding carboxylic acids is 1. The SMILES string of the molecule is CN(C)S(=O)(=O)c1ccccc1CNC(=O)c1cnn(-c2ccc(F)cc2)c1-n1cccc1. The summed E-state index contributed by atoms with van der Waals surface area (Å²) in [6.45, 7) is 0.00885. The minimum atomic E-state index is -3.67. The summed E-state index contributed by atoms with van der Waals surface area (Å²) in [5.74, 6) is -0.333. The summed E-state index contributed by atoms with van der Waals surface area (Å²) in [5, 5.41) is 7.13. The molecule has 0 bridgehead atoms. The van der Waals surface area contributed by atoms with E-state index < -0.39 is 15.9 Å². The van der Waals surface area contributed by atoms with Gasteiger partial charge in [0.05, 0.1) is 16.8 Å². The van der Waals surface area contributed by atoms with Crippen LogP contribution in [-0.2, 0) is 16.6 Å². The second-order valence-electron chi connectivity index (χ2n) is 7.44. The zero-order valence-corrected chi connectivity index (χ0v) is 18.8. The van der Waals surface area contributed by atoms with Gasteiger partial charge in [0, 0.05) is 33.0 Å². The molecule has 2 aromatic carbocycles. The van der Waals surface area contributed by atoms with Crippen molar-refractivity contribution in [2.75, 3.05) is 14.1 Å². The number of rotatable bonds is 7. The first-order valence-corrected chi connectivity index (χ1v) is 11.5. The van der Waals surface area contributed by atoms with E-state index in [-0.39, 0.29) is 22.8 Å². The molecule has 0 saturated carbocycles. The standard InChI is InChI=1S/C23H22FN5O3S/c1-27(2)33(31,32)21-8-4-3-7-17(21)15-25-22(30)20-16-26-29(19-11-9-18(24)10-12-19)23(20)28-13-5-6-14-28/h3-14,16H,15H2,1-2H3,(H,25,30). The Hall–Kier alpha value is -3.76. The van der Waals surface area contributed by atoms with E-state index in [1.54, 1.807) is 52.0 Å². The molecule has 0 aliphatic heterocycles. The van der Waals surface area contributed by atoms with Crippen LogP contribution in [0.3, 0.4) is 0 Å². The van der Waals surface area contributed by atoms with E-state index >= 15 is 0 Å². The van der Waals surface area contributed by atoms with Gasteiger partial charge in [-0.2, -0.15) is 5.10 Å². The van der Waals surface area contributed by atoms with E-state index in [9.17, 15) is 17.6 Å². The van der Waals surface area contributed by atoms with Crippen molar-refractivity contribution in [1.29, 1.82) is 0 Å². The average Bonchev–Trinajstić information content (AvgIpc) is 3.48.